The highest BCUT2D eigenvalue weighted by Crippen LogP contribution is 2.28. The molecule has 1 amide bonds. The fourth-order valence-corrected chi connectivity index (χ4v) is 4.00. The molecule has 0 N–H and O–H groups in total. The number of nitrogens with zero attached hydrogens (tertiary/aromatic N) is 4. The van der Waals surface area contributed by atoms with Crippen molar-refractivity contribution < 1.29 is 18.0 Å². The zero-order chi connectivity index (χ0) is 19.6. The number of rotatable bonds is 3. The molecular formula is C18H24ClF3N4O. The van der Waals surface area contributed by atoms with Crippen molar-refractivity contribution in [3.05, 3.63) is 22.8 Å². The van der Waals surface area contributed by atoms with Crippen LogP contribution in [0.2, 0.25) is 5.02 Å². The molecule has 2 aliphatic heterocycles. The number of likely N-dealkylation sites (tertiary alicyclic amines) is 1. The van der Waals surface area contributed by atoms with Gasteiger partial charge in [0.25, 0.3) is 5.91 Å². The number of carbonyl (C=O) groups excluding carboxylic acids is 1. The number of carbonyl (C=O) groups is 1. The molecule has 1 atom stereocenters. The second kappa shape index (κ2) is 8.22. The van der Waals surface area contributed by atoms with Crippen molar-refractivity contribution in [3.63, 3.8) is 0 Å². The molecule has 0 saturated carbocycles. The highest BCUT2D eigenvalue weighted by Gasteiger charge is 2.35. The molecule has 1 aromatic heterocycles. The molecule has 0 aliphatic carbocycles. The largest absolute Gasteiger partial charge is 0.401 e. The molecule has 0 bridgehead atoms. The van der Waals surface area contributed by atoms with E-state index in [0.717, 1.165) is 32.4 Å². The van der Waals surface area contributed by atoms with Crippen LogP contribution in [0.3, 0.4) is 0 Å². The molecule has 1 unspecified atom stereocenters. The third kappa shape index (κ3) is 5.04. The lowest BCUT2D eigenvalue weighted by Gasteiger charge is -2.40. The van der Waals surface area contributed by atoms with Crippen LogP contribution in [-0.4, -0.2) is 72.2 Å². The number of hydrogen-bond donors (Lipinski definition) is 0. The summed E-state index contributed by atoms with van der Waals surface area (Å²) in [5.41, 5.74) is 0.453. The molecule has 9 heteroatoms. The second-order valence-electron chi connectivity index (χ2n) is 7.26. The Morgan fingerprint density at radius 2 is 1.93 bits per heavy atom. The van der Waals surface area contributed by atoms with E-state index >= 15 is 0 Å². The van der Waals surface area contributed by atoms with E-state index in [1.54, 1.807) is 13.0 Å². The Balaban J connectivity index is 1.67. The van der Waals surface area contributed by atoms with Crippen molar-refractivity contribution in [2.45, 2.75) is 38.4 Å². The van der Waals surface area contributed by atoms with Crippen LogP contribution in [-0.2, 0) is 0 Å². The van der Waals surface area contributed by atoms with Crippen molar-refractivity contribution in [1.82, 2.24) is 14.8 Å². The number of pyridine rings is 1. The maximum atomic E-state index is 12.6. The van der Waals surface area contributed by atoms with Gasteiger partial charge in [-0.1, -0.05) is 11.6 Å². The van der Waals surface area contributed by atoms with Gasteiger partial charge in [-0.3, -0.25) is 9.69 Å². The number of halogens is 4. The summed E-state index contributed by atoms with van der Waals surface area (Å²) in [6.07, 6.45) is 0.462. The van der Waals surface area contributed by atoms with Crippen molar-refractivity contribution in [2.24, 2.45) is 0 Å². The quantitative estimate of drug-likeness (QED) is 0.773. The first-order valence-corrected chi connectivity index (χ1v) is 9.63. The van der Waals surface area contributed by atoms with E-state index in [-0.39, 0.29) is 18.5 Å². The van der Waals surface area contributed by atoms with Crippen LogP contribution < -0.4 is 4.90 Å². The first-order valence-electron chi connectivity index (χ1n) is 9.25. The van der Waals surface area contributed by atoms with Crippen LogP contribution in [0.4, 0.5) is 19.0 Å². The van der Waals surface area contributed by atoms with Gasteiger partial charge in [0.2, 0.25) is 0 Å². The van der Waals surface area contributed by atoms with Crippen molar-refractivity contribution in [3.8, 4) is 0 Å². The lowest BCUT2D eigenvalue weighted by Crippen LogP contribution is -2.54. The third-order valence-corrected chi connectivity index (χ3v) is 5.44. The molecule has 2 aliphatic rings. The van der Waals surface area contributed by atoms with Gasteiger partial charge in [-0.2, -0.15) is 13.2 Å². The molecule has 150 valence electrons. The first-order chi connectivity index (χ1) is 12.7. The number of aromatic nitrogens is 1. The Morgan fingerprint density at radius 3 is 2.52 bits per heavy atom. The molecular weight excluding hydrogens is 381 g/mol. The number of alkyl halides is 3. The molecule has 0 spiro atoms. The van der Waals surface area contributed by atoms with Gasteiger partial charge in [-0.25, -0.2) is 4.98 Å². The maximum absolute atomic E-state index is 12.6. The lowest BCUT2D eigenvalue weighted by molar-refractivity contribution is -0.150. The average molecular weight is 405 g/mol. The van der Waals surface area contributed by atoms with Crippen molar-refractivity contribution in [2.75, 3.05) is 44.2 Å². The number of anilines is 1. The zero-order valence-electron chi connectivity index (χ0n) is 15.3. The zero-order valence-corrected chi connectivity index (χ0v) is 16.1. The van der Waals surface area contributed by atoms with Crippen molar-refractivity contribution in [1.29, 1.82) is 0 Å². The molecule has 2 saturated heterocycles. The fourth-order valence-electron chi connectivity index (χ4n) is 3.71. The Morgan fingerprint density at radius 1 is 1.22 bits per heavy atom. The predicted molar refractivity (Wildman–Crippen MR) is 98.3 cm³/mol. The molecule has 27 heavy (non-hydrogen) atoms. The fraction of sp³-hybridized carbons (Fsp3) is 0.667. The summed E-state index contributed by atoms with van der Waals surface area (Å²) in [5, 5.41) is 0.356. The Kier molecular flexibility index (Phi) is 6.15. The SMILES string of the molecule is CC1CN(c2ncc(C(=O)N3CCCCC3)cc2Cl)CCN1CC(F)(F)F. The third-order valence-electron chi connectivity index (χ3n) is 5.16. The van der Waals surface area contributed by atoms with Gasteiger partial charge in [0.15, 0.2) is 0 Å². The highest BCUT2D eigenvalue weighted by molar-refractivity contribution is 6.33. The Bertz CT molecular complexity index is 679. The van der Waals surface area contributed by atoms with Gasteiger partial charge in [-0.15, -0.1) is 0 Å². The monoisotopic (exact) mass is 404 g/mol. The Labute approximate surface area is 162 Å². The molecule has 3 heterocycles. The normalized spacial score (nSPS) is 22.2. The second-order valence-corrected chi connectivity index (χ2v) is 7.67. The van der Waals surface area contributed by atoms with E-state index in [2.05, 4.69) is 4.98 Å². The number of amides is 1. The topological polar surface area (TPSA) is 39.7 Å². The number of piperazine rings is 1. The van der Waals surface area contributed by atoms with E-state index in [9.17, 15) is 18.0 Å². The van der Waals surface area contributed by atoms with E-state index < -0.39 is 12.7 Å². The predicted octanol–water partition coefficient (Wildman–Crippen LogP) is 3.43. The summed E-state index contributed by atoms with van der Waals surface area (Å²) in [4.78, 5) is 22.0. The van der Waals surface area contributed by atoms with Crippen LogP contribution in [0.1, 0.15) is 36.5 Å². The summed E-state index contributed by atoms with van der Waals surface area (Å²) in [6.45, 7) is 3.45. The van der Waals surface area contributed by atoms with Gasteiger partial charge < -0.3 is 9.80 Å². The highest BCUT2D eigenvalue weighted by atomic mass is 35.5. The molecule has 3 rings (SSSR count). The number of piperidine rings is 1. The van der Waals surface area contributed by atoms with Crippen LogP contribution in [0.15, 0.2) is 12.3 Å². The summed E-state index contributed by atoms with van der Waals surface area (Å²) < 4.78 is 37.9. The van der Waals surface area contributed by atoms with Gasteiger partial charge in [-0.05, 0) is 32.3 Å². The molecule has 5 nitrogen and oxygen atoms in total. The molecule has 2 fully saturated rings. The molecule has 0 radical (unpaired) electrons. The van der Waals surface area contributed by atoms with Gasteiger partial charge >= 0.3 is 6.18 Å². The summed E-state index contributed by atoms with van der Waals surface area (Å²) in [5.74, 6) is 0.449. The van der Waals surface area contributed by atoms with Crippen LogP contribution >= 0.6 is 11.6 Å². The average Bonchev–Trinajstić information content (AvgIpc) is 2.62. The van der Waals surface area contributed by atoms with Gasteiger partial charge in [0.1, 0.15) is 5.82 Å². The van der Waals surface area contributed by atoms with E-state index in [1.165, 1.54) is 11.1 Å². The minimum absolute atomic E-state index is 0.0704. The molecule has 1 aromatic rings. The van der Waals surface area contributed by atoms with E-state index in [1.807, 2.05) is 9.80 Å². The van der Waals surface area contributed by atoms with Gasteiger partial charge in [0.05, 0.1) is 17.1 Å². The number of hydrogen-bond acceptors (Lipinski definition) is 4. The molecule has 0 aromatic carbocycles. The minimum atomic E-state index is -4.21. The Hall–Kier alpha value is -1.54. The van der Waals surface area contributed by atoms with Crippen LogP contribution in [0, 0.1) is 0 Å². The smallest absolute Gasteiger partial charge is 0.353 e. The maximum Gasteiger partial charge on any atom is 0.401 e. The van der Waals surface area contributed by atoms with Crippen LogP contribution in [0.25, 0.3) is 0 Å². The standard InChI is InChI=1S/C18H24ClF3N4O/c1-13-11-25(7-8-26(13)12-18(20,21)22)16-15(19)9-14(10-23-16)17(27)24-5-3-2-4-6-24/h9-10,13H,2-8,11-12H2,1H3. The summed E-state index contributed by atoms with van der Waals surface area (Å²) >= 11 is 6.37. The van der Waals surface area contributed by atoms with Gasteiger partial charge in [0, 0.05) is 45.0 Å². The summed E-state index contributed by atoms with van der Waals surface area (Å²) in [7, 11) is 0. The minimum Gasteiger partial charge on any atom is -0.353 e. The van der Waals surface area contributed by atoms with Crippen molar-refractivity contribution >= 4 is 23.3 Å². The van der Waals surface area contributed by atoms with E-state index in [0.29, 0.717) is 29.5 Å². The first kappa shape index (κ1) is 20.2. The lowest BCUT2D eigenvalue weighted by atomic mass is 10.1. The van der Waals surface area contributed by atoms with Crippen LogP contribution in [0.5, 0.6) is 0 Å². The van der Waals surface area contributed by atoms with E-state index in [4.69, 9.17) is 11.6 Å². The summed E-state index contributed by atoms with van der Waals surface area (Å²) in [6, 6.07) is 1.35.